The Kier molecular flexibility index (Phi) is 8.51. The predicted octanol–water partition coefficient (Wildman–Crippen LogP) is 2.71. The number of halogens is 1. The first kappa shape index (κ1) is 12.9. The highest BCUT2D eigenvalue weighted by Crippen LogP contribution is 2.13. The van der Waals surface area contributed by atoms with Crippen molar-refractivity contribution in [1.82, 2.24) is 5.32 Å². The Morgan fingerprint density at radius 1 is 1.31 bits per heavy atom. The van der Waals surface area contributed by atoms with E-state index >= 15 is 0 Å². The van der Waals surface area contributed by atoms with Crippen LogP contribution in [0.4, 0.5) is 0 Å². The SMILES string of the molecule is CCCC(CCC)C(=O)NCCBr. The summed E-state index contributed by atoms with van der Waals surface area (Å²) in [4.78, 5) is 11.6. The van der Waals surface area contributed by atoms with Crippen molar-refractivity contribution in [3.05, 3.63) is 0 Å². The van der Waals surface area contributed by atoms with Gasteiger partial charge in [0.1, 0.15) is 0 Å². The highest BCUT2D eigenvalue weighted by Gasteiger charge is 2.15. The minimum Gasteiger partial charge on any atom is -0.355 e. The lowest BCUT2D eigenvalue weighted by Crippen LogP contribution is -2.31. The molecule has 0 fully saturated rings. The van der Waals surface area contributed by atoms with E-state index in [9.17, 15) is 4.79 Å². The van der Waals surface area contributed by atoms with E-state index in [4.69, 9.17) is 0 Å². The Morgan fingerprint density at radius 2 is 1.85 bits per heavy atom. The van der Waals surface area contributed by atoms with Gasteiger partial charge >= 0.3 is 0 Å². The Morgan fingerprint density at radius 3 is 2.23 bits per heavy atom. The van der Waals surface area contributed by atoms with E-state index in [0.29, 0.717) is 0 Å². The Bertz CT molecular complexity index is 133. The molecule has 0 aliphatic rings. The molecule has 13 heavy (non-hydrogen) atoms. The van der Waals surface area contributed by atoms with Crippen molar-refractivity contribution >= 4 is 21.8 Å². The number of hydrogen-bond acceptors (Lipinski definition) is 1. The second-order valence-electron chi connectivity index (χ2n) is 3.25. The normalized spacial score (nSPS) is 10.5. The molecule has 3 heteroatoms. The lowest BCUT2D eigenvalue weighted by Gasteiger charge is -2.14. The smallest absolute Gasteiger partial charge is 0.223 e. The van der Waals surface area contributed by atoms with Crippen LogP contribution in [-0.2, 0) is 4.79 Å². The molecule has 0 rings (SSSR count). The maximum absolute atomic E-state index is 11.6. The fourth-order valence-electron chi connectivity index (χ4n) is 1.42. The molecule has 1 N–H and O–H groups in total. The third-order valence-electron chi connectivity index (χ3n) is 2.04. The molecule has 1 amide bonds. The fraction of sp³-hybridized carbons (Fsp3) is 0.900. The molecule has 0 bridgehead atoms. The van der Waals surface area contributed by atoms with E-state index in [1.165, 1.54) is 0 Å². The molecule has 78 valence electrons. The van der Waals surface area contributed by atoms with Gasteiger partial charge in [0.05, 0.1) is 0 Å². The van der Waals surface area contributed by atoms with Crippen LogP contribution in [0.2, 0.25) is 0 Å². The van der Waals surface area contributed by atoms with E-state index in [0.717, 1.165) is 37.6 Å². The van der Waals surface area contributed by atoms with Crippen LogP contribution < -0.4 is 5.32 Å². The predicted molar refractivity (Wildman–Crippen MR) is 60.1 cm³/mol. The molecule has 0 atom stereocenters. The summed E-state index contributed by atoms with van der Waals surface area (Å²) in [5.74, 6) is 0.456. The van der Waals surface area contributed by atoms with Gasteiger partial charge in [0.25, 0.3) is 0 Å². The van der Waals surface area contributed by atoms with Gasteiger partial charge < -0.3 is 5.32 Å². The van der Waals surface area contributed by atoms with Gasteiger partial charge in [-0.15, -0.1) is 0 Å². The van der Waals surface area contributed by atoms with Crippen molar-refractivity contribution in [3.63, 3.8) is 0 Å². The van der Waals surface area contributed by atoms with Crippen LogP contribution in [0.15, 0.2) is 0 Å². The van der Waals surface area contributed by atoms with Crippen molar-refractivity contribution in [1.29, 1.82) is 0 Å². The molecule has 0 aromatic heterocycles. The maximum Gasteiger partial charge on any atom is 0.223 e. The van der Waals surface area contributed by atoms with E-state index in [1.54, 1.807) is 0 Å². The average molecular weight is 250 g/mol. The fourth-order valence-corrected chi connectivity index (χ4v) is 1.62. The zero-order valence-electron chi connectivity index (χ0n) is 8.61. The van der Waals surface area contributed by atoms with Gasteiger partial charge in [0.2, 0.25) is 5.91 Å². The summed E-state index contributed by atoms with van der Waals surface area (Å²) >= 11 is 3.29. The minimum absolute atomic E-state index is 0.225. The van der Waals surface area contributed by atoms with Gasteiger partial charge in [-0.25, -0.2) is 0 Å². The average Bonchev–Trinajstić information content (AvgIpc) is 2.14. The van der Waals surface area contributed by atoms with E-state index in [-0.39, 0.29) is 11.8 Å². The number of nitrogens with one attached hydrogen (secondary N) is 1. The standard InChI is InChI=1S/C10H20BrNO/c1-3-5-9(6-4-2)10(13)12-8-7-11/h9H,3-8H2,1-2H3,(H,12,13). The molecule has 0 heterocycles. The van der Waals surface area contributed by atoms with Crippen molar-refractivity contribution in [3.8, 4) is 0 Å². The molecular formula is C10H20BrNO. The first-order chi connectivity index (χ1) is 6.26. The van der Waals surface area contributed by atoms with Crippen LogP contribution in [0.25, 0.3) is 0 Å². The zero-order chi connectivity index (χ0) is 10.1. The summed E-state index contributed by atoms with van der Waals surface area (Å²) in [5, 5.41) is 3.75. The van der Waals surface area contributed by atoms with Crippen molar-refractivity contribution in [2.45, 2.75) is 39.5 Å². The van der Waals surface area contributed by atoms with Crippen LogP contribution >= 0.6 is 15.9 Å². The molecular weight excluding hydrogens is 230 g/mol. The number of hydrogen-bond donors (Lipinski definition) is 1. The van der Waals surface area contributed by atoms with Gasteiger partial charge in [0.15, 0.2) is 0 Å². The third-order valence-corrected chi connectivity index (χ3v) is 2.44. The molecule has 0 saturated heterocycles. The summed E-state index contributed by atoms with van der Waals surface area (Å²) < 4.78 is 0. The van der Waals surface area contributed by atoms with E-state index < -0.39 is 0 Å². The molecule has 2 nitrogen and oxygen atoms in total. The van der Waals surface area contributed by atoms with Gasteiger partial charge in [0, 0.05) is 17.8 Å². The van der Waals surface area contributed by atoms with Crippen LogP contribution in [0.1, 0.15) is 39.5 Å². The second kappa shape index (κ2) is 8.54. The number of alkyl halides is 1. The van der Waals surface area contributed by atoms with Crippen LogP contribution in [-0.4, -0.2) is 17.8 Å². The van der Waals surface area contributed by atoms with Gasteiger partial charge in [-0.2, -0.15) is 0 Å². The summed E-state index contributed by atoms with van der Waals surface area (Å²) in [6.07, 6.45) is 4.21. The Hall–Kier alpha value is -0.0500. The highest BCUT2D eigenvalue weighted by molar-refractivity contribution is 9.09. The zero-order valence-corrected chi connectivity index (χ0v) is 10.2. The summed E-state index contributed by atoms with van der Waals surface area (Å²) in [7, 11) is 0. The number of amides is 1. The van der Waals surface area contributed by atoms with Gasteiger partial charge in [-0.05, 0) is 12.8 Å². The number of rotatable bonds is 7. The van der Waals surface area contributed by atoms with Crippen molar-refractivity contribution in [2.24, 2.45) is 5.92 Å². The first-order valence-electron chi connectivity index (χ1n) is 5.09. The van der Waals surface area contributed by atoms with Crippen LogP contribution in [0, 0.1) is 5.92 Å². The molecule has 0 spiro atoms. The van der Waals surface area contributed by atoms with Crippen molar-refractivity contribution < 1.29 is 4.79 Å². The van der Waals surface area contributed by atoms with Crippen LogP contribution in [0.3, 0.4) is 0 Å². The minimum atomic E-state index is 0.225. The largest absolute Gasteiger partial charge is 0.355 e. The maximum atomic E-state index is 11.6. The highest BCUT2D eigenvalue weighted by atomic mass is 79.9. The topological polar surface area (TPSA) is 29.1 Å². The summed E-state index contributed by atoms with van der Waals surface area (Å²) in [5.41, 5.74) is 0. The molecule has 0 aromatic rings. The summed E-state index contributed by atoms with van der Waals surface area (Å²) in [6.45, 7) is 4.99. The molecule has 0 aromatic carbocycles. The second-order valence-corrected chi connectivity index (χ2v) is 4.05. The first-order valence-corrected chi connectivity index (χ1v) is 6.22. The summed E-state index contributed by atoms with van der Waals surface area (Å²) in [6, 6.07) is 0. The quantitative estimate of drug-likeness (QED) is 0.691. The van der Waals surface area contributed by atoms with Gasteiger partial charge in [-0.3, -0.25) is 4.79 Å². The monoisotopic (exact) mass is 249 g/mol. The van der Waals surface area contributed by atoms with Crippen molar-refractivity contribution in [2.75, 3.05) is 11.9 Å². The molecule has 0 aliphatic heterocycles. The molecule has 0 aliphatic carbocycles. The van der Waals surface area contributed by atoms with Crippen LogP contribution in [0.5, 0.6) is 0 Å². The lowest BCUT2D eigenvalue weighted by molar-refractivity contribution is -0.125. The lowest BCUT2D eigenvalue weighted by atomic mass is 9.97. The van der Waals surface area contributed by atoms with Gasteiger partial charge in [-0.1, -0.05) is 42.6 Å². The number of carbonyl (C=O) groups excluding carboxylic acids is 1. The van der Waals surface area contributed by atoms with E-state index in [2.05, 4.69) is 35.1 Å². The Balaban J connectivity index is 3.80. The molecule has 0 radical (unpaired) electrons. The molecule has 0 saturated carbocycles. The Labute approximate surface area is 89.6 Å². The molecule has 0 unspecified atom stereocenters. The van der Waals surface area contributed by atoms with E-state index in [1.807, 2.05) is 0 Å². The third kappa shape index (κ3) is 6.08. The number of carbonyl (C=O) groups is 1.